The van der Waals surface area contributed by atoms with Gasteiger partial charge in [0.1, 0.15) is 11.6 Å². The number of amides is 1. The van der Waals surface area contributed by atoms with Crippen molar-refractivity contribution < 1.29 is 14.3 Å². The molecule has 6 heteroatoms. The third kappa shape index (κ3) is 3.11. The second kappa shape index (κ2) is 5.81. The molecule has 0 aliphatic carbocycles. The number of hydrogen-bond donors (Lipinski definition) is 2. The third-order valence-electron chi connectivity index (χ3n) is 2.73. The molecule has 0 aliphatic heterocycles. The Bertz CT molecular complexity index is 691. The van der Waals surface area contributed by atoms with Crippen molar-refractivity contribution in [1.29, 1.82) is 0 Å². The van der Waals surface area contributed by atoms with Crippen molar-refractivity contribution in [3.05, 3.63) is 56.8 Å². The summed E-state index contributed by atoms with van der Waals surface area (Å²) in [4.78, 5) is 12.1. The van der Waals surface area contributed by atoms with Gasteiger partial charge in [0.15, 0.2) is 0 Å². The van der Waals surface area contributed by atoms with Gasteiger partial charge in [0, 0.05) is 11.3 Å². The maximum atomic E-state index is 13.3. The van der Waals surface area contributed by atoms with Gasteiger partial charge in [0.25, 0.3) is 5.91 Å². The van der Waals surface area contributed by atoms with Crippen LogP contribution in [-0.2, 0) is 0 Å². The minimum Gasteiger partial charge on any atom is -0.506 e. The monoisotopic (exact) mass is 357 g/mol. The van der Waals surface area contributed by atoms with E-state index in [1.807, 2.05) is 0 Å². The van der Waals surface area contributed by atoms with Crippen molar-refractivity contribution in [2.45, 2.75) is 6.92 Å². The zero-order valence-electron chi connectivity index (χ0n) is 10.4. The molecule has 0 bridgehead atoms. The molecule has 2 aromatic carbocycles. The summed E-state index contributed by atoms with van der Waals surface area (Å²) in [5.41, 5.74) is 1.39. The molecule has 0 heterocycles. The Morgan fingerprint density at radius 1 is 1.35 bits per heavy atom. The van der Waals surface area contributed by atoms with Crippen molar-refractivity contribution >= 4 is 39.1 Å². The van der Waals surface area contributed by atoms with Crippen molar-refractivity contribution in [3.63, 3.8) is 0 Å². The first-order valence-electron chi connectivity index (χ1n) is 5.64. The number of benzene rings is 2. The van der Waals surface area contributed by atoms with Crippen LogP contribution in [0, 0.1) is 12.7 Å². The van der Waals surface area contributed by atoms with E-state index in [-0.39, 0.29) is 15.2 Å². The SMILES string of the molecule is Cc1cc(F)c(Br)cc1NC(=O)c1ccc(O)c(Cl)c1. The fourth-order valence-electron chi connectivity index (χ4n) is 1.62. The third-order valence-corrected chi connectivity index (χ3v) is 3.64. The summed E-state index contributed by atoms with van der Waals surface area (Å²) in [5.74, 6) is -0.884. The molecular weight excluding hydrogens is 349 g/mol. The van der Waals surface area contributed by atoms with Crippen molar-refractivity contribution in [2.24, 2.45) is 0 Å². The van der Waals surface area contributed by atoms with Crippen LogP contribution in [-0.4, -0.2) is 11.0 Å². The highest BCUT2D eigenvalue weighted by Crippen LogP contribution is 2.26. The number of halogens is 3. The molecule has 0 aromatic heterocycles. The molecule has 0 atom stereocenters. The van der Waals surface area contributed by atoms with Gasteiger partial charge in [-0.1, -0.05) is 11.6 Å². The topological polar surface area (TPSA) is 49.3 Å². The average molecular weight is 359 g/mol. The van der Waals surface area contributed by atoms with Crippen LogP contribution in [0.5, 0.6) is 5.75 Å². The number of aryl methyl sites for hydroxylation is 1. The quantitative estimate of drug-likeness (QED) is 0.830. The summed E-state index contributed by atoms with van der Waals surface area (Å²) in [6.45, 7) is 1.69. The molecule has 0 radical (unpaired) electrons. The maximum absolute atomic E-state index is 13.3. The van der Waals surface area contributed by atoms with Gasteiger partial charge in [-0.05, 0) is 58.7 Å². The van der Waals surface area contributed by atoms with Crippen LogP contribution in [0.4, 0.5) is 10.1 Å². The highest BCUT2D eigenvalue weighted by molar-refractivity contribution is 9.10. The molecule has 0 spiro atoms. The number of carbonyl (C=O) groups excluding carboxylic acids is 1. The summed E-state index contributed by atoms with van der Waals surface area (Å²) in [6, 6.07) is 6.96. The van der Waals surface area contributed by atoms with E-state index in [4.69, 9.17) is 11.6 Å². The first-order valence-corrected chi connectivity index (χ1v) is 6.81. The fourth-order valence-corrected chi connectivity index (χ4v) is 2.15. The van der Waals surface area contributed by atoms with Crippen LogP contribution in [0.3, 0.4) is 0 Å². The minimum absolute atomic E-state index is 0.0923. The Kier molecular flexibility index (Phi) is 4.30. The van der Waals surface area contributed by atoms with E-state index in [9.17, 15) is 14.3 Å². The van der Waals surface area contributed by atoms with Crippen LogP contribution in [0.1, 0.15) is 15.9 Å². The first-order chi connectivity index (χ1) is 9.38. The zero-order chi connectivity index (χ0) is 14.9. The van der Waals surface area contributed by atoms with Gasteiger partial charge < -0.3 is 10.4 Å². The van der Waals surface area contributed by atoms with E-state index in [0.29, 0.717) is 16.8 Å². The van der Waals surface area contributed by atoms with Gasteiger partial charge in [-0.25, -0.2) is 4.39 Å². The molecule has 2 rings (SSSR count). The minimum atomic E-state index is -0.395. The van der Waals surface area contributed by atoms with Crippen LogP contribution in [0.15, 0.2) is 34.8 Å². The second-order valence-electron chi connectivity index (χ2n) is 4.20. The largest absolute Gasteiger partial charge is 0.506 e. The van der Waals surface area contributed by atoms with Gasteiger partial charge in [-0.15, -0.1) is 0 Å². The number of hydrogen-bond acceptors (Lipinski definition) is 2. The van der Waals surface area contributed by atoms with E-state index in [0.717, 1.165) is 0 Å². The lowest BCUT2D eigenvalue weighted by Crippen LogP contribution is -2.13. The fraction of sp³-hybridized carbons (Fsp3) is 0.0714. The number of carbonyl (C=O) groups is 1. The molecular formula is C14H10BrClFNO2. The number of rotatable bonds is 2. The summed E-state index contributed by atoms with van der Waals surface area (Å²) in [5, 5.41) is 12.1. The lowest BCUT2D eigenvalue weighted by atomic mass is 10.1. The van der Waals surface area contributed by atoms with Crippen LogP contribution < -0.4 is 5.32 Å². The molecule has 0 fully saturated rings. The van der Waals surface area contributed by atoms with Gasteiger partial charge in [-0.3, -0.25) is 4.79 Å². The van der Waals surface area contributed by atoms with Crippen LogP contribution >= 0.6 is 27.5 Å². The number of anilines is 1. The van der Waals surface area contributed by atoms with Gasteiger partial charge in [0.2, 0.25) is 0 Å². The zero-order valence-corrected chi connectivity index (χ0v) is 12.7. The number of phenols is 1. The Morgan fingerprint density at radius 2 is 2.05 bits per heavy atom. The summed E-state index contributed by atoms with van der Waals surface area (Å²) in [7, 11) is 0. The summed E-state index contributed by atoms with van der Waals surface area (Å²) >= 11 is 8.82. The van der Waals surface area contributed by atoms with Crippen molar-refractivity contribution in [1.82, 2.24) is 0 Å². The number of aromatic hydroxyl groups is 1. The summed E-state index contributed by atoms with van der Waals surface area (Å²) in [6.07, 6.45) is 0. The maximum Gasteiger partial charge on any atom is 0.255 e. The lowest BCUT2D eigenvalue weighted by Gasteiger charge is -2.10. The highest BCUT2D eigenvalue weighted by atomic mass is 79.9. The Labute approximate surface area is 128 Å². The van der Waals surface area contributed by atoms with Crippen molar-refractivity contribution in [2.75, 3.05) is 5.32 Å². The van der Waals surface area contributed by atoms with Gasteiger partial charge in [0.05, 0.1) is 9.50 Å². The summed E-state index contributed by atoms with van der Waals surface area (Å²) < 4.78 is 13.6. The Morgan fingerprint density at radius 3 is 2.70 bits per heavy atom. The second-order valence-corrected chi connectivity index (χ2v) is 5.46. The van der Waals surface area contributed by atoms with E-state index in [1.165, 1.54) is 30.3 Å². The Balaban J connectivity index is 2.27. The molecule has 1 amide bonds. The molecule has 20 heavy (non-hydrogen) atoms. The van der Waals surface area contributed by atoms with E-state index < -0.39 is 11.7 Å². The van der Waals surface area contributed by atoms with Crippen LogP contribution in [0.2, 0.25) is 5.02 Å². The molecule has 0 saturated carbocycles. The standard InChI is InChI=1S/C14H10BrClFNO2/c1-7-4-11(17)9(15)6-12(7)18-14(20)8-2-3-13(19)10(16)5-8/h2-6,19H,1H3,(H,18,20). The van der Waals surface area contributed by atoms with Gasteiger partial charge in [-0.2, -0.15) is 0 Å². The number of nitrogens with one attached hydrogen (secondary N) is 1. The molecule has 2 aromatic rings. The van der Waals surface area contributed by atoms with E-state index in [1.54, 1.807) is 6.92 Å². The average Bonchev–Trinajstić information content (AvgIpc) is 2.39. The molecule has 0 unspecified atom stereocenters. The van der Waals surface area contributed by atoms with Crippen LogP contribution in [0.25, 0.3) is 0 Å². The predicted octanol–water partition coefficient (Wildman–Crippen LogP) is 4.51. The van der Waals surface area contributed by atoms with Gasteiger partial charge >= 0.3 is 0 Å². The van der Waals surface area contributed by atoms with E-state index in [2.05, 4.69) is 21.2 Å². The highest BCUT2D eigenvalue weighted by Gasteiger charge is 2.11. The molecule has 2 N–H and O–H groups in total. The number of phenolic OH excluding ortho intramolecular Hbond substituents is 1. The molecule has 104 valence electrons. The normalized spacial score (nSPS) is 10.4. The smallest absolute Gasteiger partial charge is 0.255 e. The molecule has 3 nitrogen and oxygen atoms in total. The Hall–Kier alpha value is -1.59. The predicted molar refractivity (Wildman–Crippen MR) is 79.9 cm³/mol. The lowest BCUT2D eigenvalue weighted by molar-refractivity contribution is 0.102. The first kappa shape index (κ1) is 14.8. The van der Waals surface area contributed by atoms with E-state index >= 15 is 0 Å². The molecule has 0 saturated heterocycles. The molecule has 0 aliphatic rings. The van der Waals surface area contributed by atoms with Crippen molar-refractivity contribution in [3.8, 4) is 5.75 Å².